The number of halogens is 6. The van der Waals surface area contributed by atoms with Gasteiger partial charge in [0.25, 0.3) is 5.91 Å². The maximum atomic E-state index is 13.0. The molecule has 2 heterocycles. The van der Waals surface area contributed by atoms with E-state index in [1.165, 1.54) is 0 Å². The van der Waals surface area contributed by atoms with Crippen LogP contribution in [0.1, 0.15) is 16.7 Å². The largest absolute Gasteiger partial charge is 0.416 e. The molecular formula is C19H14F6N6O. The molecule has 0 aliphatic heterocycles. The molecule has 2 aromatic heterocycles. The number of nitrogens with zero attached hydrogens (tertiary/aromatic N) is 4. The van der Waals surface area contributed by atoms with Crippen molar-refractivity contribution in [3.05, 3.63) is 65.6 Å². The number of alkyl halides is 6. The number of carbonyl (C=O) groups is 1. The fourth-order valence-electron chi connectivity index (χ4n) is 2.42. The molecule has 32 heavy (non-hydrogen) atoms. The Labute approximate surface area is 176 Å². The second-order valence-electron chi connectivity index (χ2n) is 6.49. The van der Waals surface area contributed by atoms with Crippen LogP contribution in [-0.4, -0.2) is 25.7 Å². The molecule has 0 saturated heterocycles. The number of hydrogen-bond donors (Lipinski definition) is 2. The summed E-state index contributed by atoms with van der Waals surface area (Å²) < 4.78 is 79.0. The van der Waals surface area contributed by atoms with Crippen molar-refractivity contribution in [1.82, 2.24) is 25.2 Å². The second-order valence-corrected chi connectivity index (χ2v) is 6.49. The van der Waals surface area contributed by atoms with Gasteiger partial charge in [0, 0.05) is 24.0 Å². The van der Waals surface area contributed by atoms with Crippen LogP contribution in [0.5, 0.6) is 0 Å². The summed E-state index contributed by atoms with van der Waals surface area (Å²) >= 11 is 0. The molecule has 168 valence electrons. The fourth-order valence-corrected chi connectivity index (χ4v) is 2.42. The smallest absolute Gasteiger partial charge is 0.282 e. The average molecular weight is 456 g/mol. The summed E-state index contributed by atoms with van der Waals surface area (Å²) in [7, 11) is 0. The Balaban J connectivity index is 1.74. The first kappa shape index (κ1) is 22.8. The summed E-state index contributed by atoms with van der Waals surface area (Å²) in [4.78, 5) is 19.6. The lowest BCUT2D eigenvalue weighted by Gasteiger charge is -2.13. The molecule has 3 aromatic rings. The first-order valence-electron chi connectivity index (χ1n) is 8.80. The van der Waals surface area contributed by atoms with Gasteiger partial charge in [-0.3, -0.25) is 15.6 Å². The Morgan fingerprint density at radius 3 is 2.22 bits per heavy atom. The molecule has 1 amide bonds. The molecule has 0 aliphatic carbocycles. The number of hydrazine groups is 1. The molecule has 0 saturated carbocycles. The Hall–Kier alpha value is -3.90. The summed E-state index contributed by atoms with van der Waals surface area (Å²) in [6, 6.07) is 4.45. The van der Waals surface area contributed by atoms with Crippen molar-refractivity contribution in [2.75, 3.05) is 5.43 Å². The molecule has 0 atom stereocenters. The number of benzene rings is 1. The Morgan fingerprint density at radius 1 is 1.00 bits per heavy atom. The lowest BCUT2D eigenvalue weighted by atomic mass is 10.0. The topological polar surface area (TPSA) is 84.7 Å². The van der Waals surface area contributed by atoms with Crippen molar-refractivity contribution in [2.45, 2.75) is 19.3 Å². The highest BCUT2D eigenvalue weighted by Crippen LogP contribution is 2.38. The van der Waals surface area contributed by atoms with E-state index in [-0.39, 0.29) is 11.9 Å². The van der Waals surface area contributed by atoms with Gasteiger partial charge in [-0.1, -0.05) is 6.07 Å². The molecule has 13 heteroatoms. The number of hydrogen-bond acceptors (Lipinski definition) is 5. The minimum absolute atomic E-state index is 0.0145. The lowest BCUT2D eigenvalue weighted by molar-refractivity contribution is -0.143. The maximum absolute atomic E-state index is 13.0. The van der Waals surface area contributed by atoms with Gasteiger partial charge < -0.3 is 0 Å². The molecular weight excluding hydrogens is 442 g/mol. The van der Waals surface area contributed by atoms with Crippen LogP contribution < -0.4 is 10.9 Å². The van der Waals surface area contributed by atoms with Gasteiger partial charge in [0.2, 0.25) is 0 Å². The third-order valence-electron chi connectivity index (χ3n) is 3.96. The van der Waals surface area contributed by atoms with E-state index in [1.54, 1.807) is 18.3 Å². The van der Waals surface area contributed by atoms with E-state index in [2.05, 4.69) is 25.9 Å². The SMILES string of the molecule is Cc1ccc(NNC(=O)/C=C\n2cnc(-c3cc(C(F)(F)F)cc(C(F)(F)F)c3)n2)nc1. The number of carbonyl (C=O) groups excluding carboxylic acids is 1. The van der Waals surface area contributed by atoms with Crippen molar-refractivity contribution in [2.24, 2.45) is 0 Å². The van der Waals surface area contributed by atoms with Crippen molar-refractivity contribution in [3.8, 4) is 11.4 Å². The van der Waals surface area contributed by atoms with Gasteiger partial charge >= 0.3 is 12.4 Å². The van der Waals surface area contributed by atoms with Gasteiger partial charge in [0.1, 0.15) is 12.1 Å². The first-order valence-corrected chi connectivity index (χ1v) is 8.80. The highest BCUT2D eigenvalue weighted by molar-refractivity contribution is 5.90. The van der Waals surface area contributed by atoms with E-state index in [4.69, 9.17) is 0 Å². The quantitative estimate of drug-likeness (QED) is 0.340. The van der Waals surface area contributed by atoms with Crippen LogP contribution in [0.3, 0.4) is 0 Å². The second kappa shape index (κ2) is 8.69. The van der Waals surface area contributed by atoms with Crippen LogP contribution in [0.15, 0.2) is 48.9 Å². The molecule has 0 bridgehead atoms. The Bertz CT molecular complexity index is 1100. The number of amides is 1. The third-order valence-corrected chi connectivity index (χ3v) is 3.96. The summed E-state index contributed by atoms with van der Waals surface area (Å²) in [5.41, 5.74) is 2.37. The van der Waals surface area contributed by atoms with Crippen molar-refractivity contribution in [3.63, 3.8) is 0 Å². The van der Waals surface area contributed by atoms with Crippen LogP contribution in [-0.2, 0) is 17.1 Å². The monoisotopic (exact) mass is 456 g/mol. The normalized spacial score (nSPS) is 12.2. The third kappa shape index (κ3) is 5.83. The summed E-state index contributed by atoms with van der Waals surface area (Å²) in [5.74, 6) is -0.623. The van der Waals surface area contributed by atoms with Gasteiger partial charge in [-0.05, 0) is 36.8 Å². The minimum atomic E-state index is -4.99. The zero-order valence-electron chi connectivity index (χ0n) is 16.2. The molecule has 0 unspecified atom stereocenters. The number of anilines is 1. The van der Waals surface area contributed by atoms with Crippen LogP contribution in [0.25, 0.3) is 17.6 Å². The molecule has 0 radical (unpaired) electrons. The Morgan fingerprint density at radius 2 is 1.66 bits per heavy atom. The zero-order chi connectivity index (χ0) is 23.5. The van der Waals surface area contributed by atoms with E-state index >= 15 is 0 Å². The van der Waals surface area contributed by atoms with Crippen LogP contribution in [0, 0.1) is 6.92 Å². The predicted octanol–water partition coefficient (Wildman–Crippen LogP) is 4.30. The molecule has 2 N–H and O–H groups in total. The summed E-state index contributed by atoms with van der Waals surface area (Å²) in [6.45, 7) is 1.84. The molecule has 7 nitrogen and oxygen atoms in total. The summed E-state index contributed by atoms with van der Waals surface area (Å²) in [5, 5.41) is 3.80. The standard InChI is InChI=1S/C19H14F6N6O/c1-11-2-3-15(26-9-11)28-29-16(32)4-5-31-10-27-17(30-31)12-6-13(18(20,21)22)8-14(7-12)19(23,24)25/h2-10H,1H3,(H,26,28)(H,29,32)/b5-4-. The fraction of sp³-hybridized carbons (Fsp3) is 0.158. The van der Waals surface area contributed by atoms with Crippen molar-refractivity contribution >= 4 is 17.9 Å². The van der Waals surface area contributed by atoms with E-state index in [0.717, 1.165) is 28.8 Å². The highest BCUT2D eigenvalue weighted by atomic mass is 19.4. The van der Waals surface area contributed by atoms with E-state index < -0.39 is 35.0 Å². The number of pyridine rings is 1. The molecule has 0 spiro atoms. The maximum Gasteiger partial charge on any atom is 0.416 e. The number of rotatable bonds is 5. The number of nitrogens with one attached hydrogen (secondary N) is 2. The number of aryl methyl sites for hydroxylation is 1. The molecule has 0 fully saturated rings. The lowest BCUT2D eigenvalue weighted by Crippen LogP contribution is -2.28. The van der Waals surface area contributed by atoms with Crippen LogP contribution >= 0.6 is 0 Å². The molecule has 0 aliphatic rings. The molecule has 3 rings (SSSR count). The van der Waals surface area contributed by atoms with E-state index in [9.17, 15) is 31.1 Å². The van der Waals surface area contributed by atoms with Crippen molar-refractivity contribution < 1.29 is 31.1 Å². The van der Waals surface area contributed by atoms with Gasteiger partial charge in [-0.15, -0.1) is 5.10 Å². The van der Waals surface area contributed by atoms with Gasteiger partial charge in [0.15, 0.2) is 5.82 Å². The Kier molecular flexibility index (Phi) is 6.18. The predicted molar refractivity (Wildman–Crippen MR) is 102 cm³/mol. The van der Waals surface area contributed by atoms with Crippen LogP contribution in [0.2, 0.25) is 0 Å². The van der Waals surface area contributed by atoms with Gasteiger partial charge in [0.05, 0.1) is 11.1 Å². The average Bonchev–Trinajstić information content (AvgIpc) is 3.19. The van der Waals surface area contributed by atoms with E-state index in [1.807, 2.05) is 6.92 Å². The first-order chi connectivity index (χ1) is 14.9. The minimum Gasteiger partial charge on any atom is -0.282 e. The molecule has 1 aromatic carbocycles. The van der Waals surface area contributed by atoms with Crippen LogP contribution in [0.4, 0.5) is 32.2 Å². The summed E-state index contributed by atoms with van der Waals surface area (Å²) in [6.07, 6.45) is -5.23. The zero-order valence-corrected chi connectivity index (χ0v) is 16.2. The number of aromatic nitrogens is 4. The van der Waals surface area contributed by atoms with Gasteiger partial charge in [-0.25, -0.2) is 14.6 Å². The van der Waals surface area contributed by atoms with E-state index in [0.29, 0.717) is 18.0 Å². The van der Waals surface area contributed by atoms with Gasteiger partial charge in [-0.2, -0.15) is 26.3 Å². The van der Waals surface area contributed by atoms with Crippen molar-refractivity contribution in [1.29, 1.82) is 0 Å². The highest BCUT2D eigenvalue weighted by Gasteiger charge is 2.37.